The smallest absolute Gasteiger partial charge is 0.334 e. The van der Waals surface area contributed by atoms with Gasteiger partial charge < -0.3 is 15.0 Å². The van der Waals surface area contributed by atoms with E-state index in [2.05, 4.69) is 5.32 Å². The lowest BCUT2D eigenvalue weighted by atomic mass is 10.2. The number of urea groups is 1. The van der Waals surface area contributed by atoms with Crippen LogP contribution in [0.5, 0.6) is 0 Å². The van der Waals surface area contributed by atoms with Crippen LogP contribution in [0.3, 0.4) is 0 Å². The fourth-order valence-corrected chi connectivity index (χ4v) is 2.10. The summed E-state index contributed by atoms with van der Waals surface area (Å²) in [6.45, 7) is 3.99. The van der Waals surface area contributed by atoms with Gasteiger partial charge in [-0.2, -0.15) is 0 Å². The van der Waals surface area contributed by atoms with Gasteiger partial charge in [0, 0.05) is 25.7 Å². The number of hydrazine groups is 1. The molecule has 0 aromatic heterocycles. The SMILES string of the molecule is CC(=O)Nc1ccc(CN(N)C(=O)N2CCOCC2)cc1.Cl. The van der Waals surface area contributed by atoms with E-state index in [-0.39, 0.29) is 24.3 Å². The second-order valence-corrected chi connectivity index (χ2v) is 4.89. The first-order valence-electron chi connectivity index (χ1n) is 6.81. The van der Waals surface area contributed by atoms with Crippen LogP contribution in [-0.2, 0) is 16.1 Å². The average Bonchev–Trinajstić information content (AvgIpc) is 2.49. The Hall–Kier alpha value is -1.83. The molecule has 7 nitrogen and oxygen atoms in total. The molecule has 22 heavy (non-hydrogen) atoms. The number of anilines is 1. The highest BCUT2D eigenvalue weighted by atomic mass is 35.5. The first-order valence-corrected chi connectivity index (χ1v) is 6.81. The van der Waals surface area contributed by atoms with Crippen LogP contribution < -0.4 is 11.2 Å². The molecule has 1 saturated heterocycles. The number of nitrogens with one attached hydrogen (secondary N) is 1. The van der Waals surface area contributed by atoms with E-state index in [9.17, 15) is 9.59 Å². The molecule has 122 valence electrons. The van der Waals surface area contributed by atoms with E-state index in [1.54, 1.807) is 17.0 Å². The van der Waals surface area contributed by atoms with Gasteiger partial charge >= 0.3 is 6.03 Å². The standard InChI is InChI=1S/C14H20N4O3.ClH/c1-11(19)16-13-4-2-12(3-5-13)10-18(15)14(20)17-6-8-21-9-7-17;/h2-5H,6-10,15H2,1H3,(H,16,19);1H. The lowest BCUT2D eigenvalue weighted by Crippen LogP contribution is -2.50. The minimum Gasteiger partial charge on any atom is -0.378 e. The summed E-state index contributed by atoms with van der Waals surface area (Å²) >= 11 is 0. The molecule has 2 rings (SSSR count). The summed E-state index contributed by atoms with van der Waals surface area (Å²) in [4.78, 5) is 24.7. The number of hydrogen-bond donors (Lipinski definition) is 2. The van der Waals surface area contributed by atoms with Crippen molar-refractivity contribution in [2.75, 3.05) is 31.6 Å². The molecule has 0 aliphatic carbocycles. The van der Waals surface area contributed by atoms with Crippen molar-refractivity contribution in [2.24, 2.45) is 5.84 Å². The van der Waals surface area contributed by atoms with Gasteiger partial charge in [-0.25, -0.2) is 10.6 Å². The molecule has 0 bridgehead atoms. The molecule has 1 aliphatic heterocycles. The molecule has 3 N–H and O–H groups in total. The van der Waals surface area contributed by atoms with Gasteiger partial charge in [-0.15, -0.1) is 12.4 Å². The summed E-state index contributed by atoms with van der Waals surface area (Å²) in [5.74, 6) is 5.71. The summed E-state index contributed by atoms with van der Waals surface area (Å²) in [5.41, 5.74) is 1.61. The van der Waals surface area contributed by atoms with Crippen molar-refractivity contribution < 1.29 is 14.3 Å². The first-order chi connectivity index (χ1) is 10.1. The molecule has 0 saturated carbocycles. The maximum atomic E-state index is 12.1. The van der Waals surface area contributed by atoms with E-state index in [1.165, 1.54) is 11.9 Å². The molecule has 0 atom stereocenters. The number of carbonyl (C=O) groups is 2. The van der Waals surface area contributed by atoms with Crippen molar-refractivity contribution in [3.63, 3.8) is 0 Å². The molecule has 1 aromatic rings. The third kappa shape index (κ3) is 5.18. The third-order valence-corrected chi connectivity index (χ3v) is 3.15. The predicted octanol–water partition coefficient (Wildman–Crippen LogP) is 1.19. The van der Waals surface area contributed by atoms with Crippen LogP contribution in [0.25, 0.3) is 0 Å². The molecule has 1 aliphatic rings. The van der Waals surface area contributed by atoms with Crippen molar-refractivity contribution >= 4 is 30.0 Å². The second-order valence-electron chi connectivity index (χ2n) is 4.89. The number of hydrogen-bond acceptors (Lipinski definition) is 4. The van der Waals surface area contributed by atoms with E-state index in [4.69, 9.17) is 10.6 Å². The van der Waals surface area contributed by atoms with Gasteiger partial charge in [0.05, 0.1) is 19.8 Å². The minimum atomic E-state index is -0.204. The molecular formula is C14H21ClN4O3. The number of halogens is 1. The number of ether oxygens (including phenoxy) is 1. The van der Waals surface area contributed by atoms with Crippen LogP contribution in [0.2, 0.25) is 0 Å². The molecule has 0 radical (unpaired) electrons. The molecule has 8 heteroatoms. The Morgan fingerprint density at radius 1 is 1.27 bits per heavy atom. The van der Waals surface area contributed by atoms with Crippen LogP contribution in [0.4, 0.5) is 10.5 Å². The fourth-order valence-electron chi connectivity index (χ4n) is 2.10. The summed E-state index contributed by atoms with van der Waals surface area (Å²) in [7, 11) is 0. The summed E-state index contributed by atoms with van der Waals surface area (Å²) in [5, 5.41) is 3.88. The summed E-state index contributed by atoms with van der Waals surface area (Å²) in [6.07, 6.45) is 0. The zero-order chi connectivity index (χ0) is 15.2. The van der Waals surface area contributed by atoms with Gasteiger partial charge in [-0.1, -0.05) is 12.1 Å². The Kier molecular flexibility index (Phi) is 7.10. The molecule has 0 spiro atoms. The van der Waals surface area contributed by atoms with Gasteiger partial charge in [0.25, 0.3) is 0 Å². The van der Waals surface area contributed by atoms with E-state index >= 15 is 0 Å². The van der Waals surface area contributed by atoms with E-state index in [1.807, 2.05) is 12.1 Å². The van der Waals surface area contributed by atoms with Crippen molar-refractivity contribution in [3.8, 4) is 0 Å². The lowest BCUT2D eigenvalue weighted by Gasteiger charge is -2.30. The highest BCUT2D eigenvalue weighted by Crippen LogP contribution is 2.11. The molecule has 1 aromatic carbocycles. The second kappa shape index (κ2) is 8.57. The van der Waals surface area contributed by atoms with Crippen molar-refractivity contribution in [1.82, 2.24) is 9.91 Å². The fraction of sp³-hybridized carbons (Fsp3) is 0.429. The lowest BCUT2D eigenvalue weighted by molar-refractivity contribution is -0.114. The topological polar surface area (TPSA) is 87.9 Å². The molecule has 0 unspecified atom stereocenters. The third-order valence-electron chi connectivity index (χ3n) is 3.15. The number of nitrogens with two attached hydrogens (primary N) is 1. The highest BCUT2D eigenvalue weighted by Gasteiger charge is 2.20. The van der Waals surface area contributed by atoms with Crippen LogP contribution in [0, 0.1) is 0 Å². The number of carbonyl (C=O) groups excluding carboxylic acids is 2. The number of nitrogens with zero attached hydrogens (tertiary/aromatic N) is 2. The maximum absolute atomic E-state index is 12.1. The van der Waals surface area contributed by atoms with Crippen LogP contribution >= 0.6 is 12.4 Å². The quantitative estimate of drug-likeness (QED) is 0.496. The number of rotatable bonds is 3. The van der Waals surface area contributed by atoms with Crippen LogP contribution in [0.1, 0.15) is 12.5 Å². The largest absolute Gasteiger partial charge is 0.378 e. The Morgan fingerprint density at radius 2 is 1.86 bits per heavy atom. The number of amides is 3. The maximum Gasteiger partial charge on any atom is 0.334 e. The van der Waals surface area contributed by atoms with Gasteiger partial charge in [0.15, 0.2) is 0 Å². The van der Waals surface area contributed by atoms with Gasteiger partial charge in [-0.3, -0.25) is 9.80 Å². The zero-order valence-corrected chi connectivity index (χ0v) is 13.3. The monoisotopic (exact) mass is 328 g/mol. The predicted molar refractivity (Wildman–Crippen MR) is 85.5 cm³/mol. The Balaban J connectivity index is 0.00000242. The minimum absolute atomic E-state index is 0. The number of morpholine rings is 1. The van der Waals surface area contributed by atoms with Crippen molar-refractivity contribution in [3.05, 3.63) is 29.8 Å². The summed E-state index contributed by atoms with van der Waals surface area (Å²) in [6, 6.07) is 7.02. The van der Waals surface area contributed by atoms with Crippen LogP contribution in [0.15, 0.2) is 24.3 Å². The Morgan fingerprint density at radius 3 is 2.41 bits per heavy atom. The highest BCUT2D eigenvalue weighted by molar-refractivity contribution is 5.88. The Labute approximate surface area is 135 Å². The normalized spacial score (nSPS) is 14.0. The molecule has 1 heterocycles. The van der Waals surface area contributed by atoms with E-state index in [0.29, 0.717) is 38.5 Å². The van der Waals surface area contributed by atoms with E-state index < -0.39 is 0 Å². The van der Waals surface area contributed by atoms with Gasteiger partial charge in [0.1, 0.15) is 0 Å². The average molecular weight is 329 g/mol. The van der Waals surface area contributed by atoms with Crippen molar-refractivity contribution in [1.29, 1.82) is 0 Å². The summed E-state index contributed by atoms with van der Waals surface area (Å²) < 4.78 is 5.21. The number of benzene rings is 1. The molecular weight excluding hydrogens is 308 g/mol. The molecule has 1 fully saturated rings. The van der Waals surface area contributed by atoms with Gasteiger partial charge in [-0.05, 0) is 17.7 Å². The zero-order valence-electron chi connectivity index (χ0n) is 12.4. The molecule has 3 amide bonds. The van der Waals surface area contributed by atoms with E-state index in [0.717, 1.165) is 5.56 Å². The first kappa shape index (κ1) is 18.2. The Bertz CT molecular complexity index is 503. The van der Waals surface area contributed by atoms with Crippen LogP contribution in [-0.4, -0.2) is 48.2 Å². The van der Waals surface area contributed by atoms with Gasteiger partial charge in [0.2, 0.25) is 5.91 Å². The van der Waals surface area contributed by atoms with Crippen molar-refractivity contribution in [2.45, 2.75) is 13.5 Å².